The monoisotopic (exact) mass is 290 g/mol. The van der Waals surface area contributed by atoms with Crippen molar-refractivity contribution in [2.24, 2.45) is 0 Å². The third-order valence-electron chi connectivity index (χ3n) is 3.21. The Balaban J connectivity index is 2.27. The van der Waals surface area contributed by atoms with Crippen LogP contribution in [0.1, 0.15) is 44.5 Å². The molecule has 0 aliphatic carbocycles. The van der Waals surface area contributed by atoms with Crippen LogP contribution in [-0.2, 0) is 0 Å². The molecule has 0 fully saturated rings. The number of carbonyl (C=O) groups is 1. The minimum atomic E-state index is -0.915. The van der Waals surface area contributed by atoms with Crippen molar-refractivity contribution in [1.29, 1.82) is 0 Å². The van der Waals surface area contributed by atoms with Crippen LogP contribution in [-0.4, -0.2) is 16.1 Å². The number of carboxylic acid groups (broad SMARTS) is 1. The summed E-state index contributed by atoms with van der Waals surface area (Å²) < 4.78 is 0. The summed E-state index contributed by atoms with van der Waals surface area (Å²) in [6.07, 6.45) is 0. The highest BCUT2D eigenvalue weighted by Crippen LogP contribution is 2.27. The Morgan fingerprint density at radius 2 is 2.05 bits per heavy atom. The second-order valence-corrected chi connectivity index (χ2v) is 6.28. The predicted molar refractivity (Wildman–Crippen MR) is 81.8 cm³/mol. The van der Waals surface area contributed by atoms with Crippen LogP contribution in [0.15, 0.2) is 18.2 Å². The third kappa shape index (κ3) is 2.99. The van der Waals surface area contributed by atoms with Crippen LogP contribution < -0.4 is 5.32 Å². The zero-order valence-electron chi connectivity index (χ0n) is 12.0. The van der Waals surface area contributed by atoms with E-state index < -0.39 is 5.97 Å². The Hall–Kier alpha value is -1.88. The van der Waals surface area contributed by atoms with Crippen LogP contribution in [0.25, 0.3) is 0 Å². The van der Waals surface area contributed by atoms with E-state index in [-0.39, 0.29) is 11.6 Å². The first-order valence-corrected chi connectivity index (χ1v) is 7.24. The van der Waals surface area contributed by atoms with Gasteiger partial charge in [0.2, 0.25) is 0 Å². The van der Waals surface area contributed by atoms with Crippen LogP contribution in [0.3, 0.4) is 0 Å². The number of hydrogen-bond donors (Lipinski definition) is 2. The van der Waals surface area contributed by atoms with E-state index in [9.17, 15) is 4.79 Å². The van der Waals surface area contributed by atoms with Crippen molar-refractivity contribution in [2.45, 2.75) is 33.7 Å². The lowest BCUT2D eigenvalue weighted by Gasteiger charge is -2.16. The summed E-state index contributed by atoms with van der Waals surface area (Å²) in [4.78, 5) is 16.8. The third-order valence-corrected chi connectivity index (χ3v) is 4.11. The van der Waals surface area contributed by atoms with Gasteiger partial charge < -0.3 is 10.4 Å². The van der Waals surface area contributed by atoms with Crippen molar-refractivity contribution in [3.63, 3.8) is 0 Å². The van der Waals surface area contributed by atoms with Crippen LogP contribution in [0.2, 0.25) is 0 Å². The molecule has 1 heterocycles. The first kappa shape index (κ1) is 14.5. The minimum Gasteiger partial charge on any atom is -0.478 e. The average Bonchev–Trinajstić information content (AvgIpc) is 2.71. The fraction of sp³-hybridized carbons (Fsp3) is 0.333. The van der Waals surface area contributed by atoms with Crippen LogP contribution in [0, 0.1) is 20.8 Å². The molecular weight excluding hydrogens is 272 g/mol. The van der Waals surface area contributed by atoms with Gasteiger partial charge in [0.25, 0.3) is 0 Å². The van der Waals surface area contributed by atoms with Gasteiger partial charge in [-0.1, -0.05) is 6.07 Å². The molecule has 2 aromatic rings. The molecule has 20 heavy (non-hydrogen) atoms. The Kier molecular flexibility index (Phi) is 4.09. The maximum atomic E-state index is 11.0. The minimum absolute atomic E-state index is 0.0442. The Morgan fingerprint density at radius 3 is 2.60 bits per heavy atom. The normalized spacial score (nSPS) is 12.2. The van der Waals surface area contributed by atoms with E-state index >= 15 is 0 Å². The second-order valence-electron chi connectivity index (χ2n) is 4.88. The molecule has 0 bridgehead atoms. The highest BCUT2D eigenvalue weighted by molar-refractivity contribution is 7.11. The van der Waals surface area contributed by atoms with Gasteiger partial charge in [-0.2, -0.15) is 0 Å². The maximum absolute atomic E-state index is 11.0. The molecule has 4 nitrogen and oxygen atoms in total. The van der Waals surface area contributed by atoms with E-state index in [1.54, 1.807) is 23.5 Å². The average molecular weight is 290 g/mol. The highest BCUT2D eigenvalue weighted by atomic mass is 32.1. The molecular formula is C15H18N2O2S. The Bertz CT molecular complexity index is 649. The number of benzene rings is 1. The summed E-state index contributed by atoms with van der Waals surface area (Å²) in [5, 5.41) is 13.5. The summed E-state index contributed by atoms with van der Waals surface area (Å²) in [6.45, 7) is 8.04. The first-order chi connectivity index (χ1) is 9.38. The van der Waals surface area contributed by atoms with E-state index in [1.165, 1.54) is 4.88 Å². The van der Waals surface area contributed by atoms with Crippen molar-refractivity contribution >= 4 is 23.0 Å². The smallest absolute Gasteiger partial charge is 0.335 e. The Morgan fingerprint density at radius 1 is 1.35 bits per heavy atom. The lowest BCUT2D eigenvalue weighted by atomic mass is 10.1. The zero-order valence-corrected chi connectivity index (χ0v) is 12.8. The largest absolute Gasteiger partial charge is 0.478 e. The van der Waals surface area contributed by atoms with Gasteiger partial charge in [0.15, 0.2) is 0 Å². The van der Waals surface area contributed by atoms with Gasteiger partial charge in [-0.05, 0) is 45.4 Å². The molecule has 0 aliphatic heterocycles. The van der Waals surface area contributed by atoms with Gasteiger partial charge in [0.1, 0.15) is 0 Å². The van der Waals surface area contributed by atoms with Crippen molar-refractivity contribution in [1.82, 2.24) is 4.98 Å². The molecule has 1 aromatic heterocycles. The standard InChI is InChI=1S/C15H18N2O2S/c1-8-5-6-12(15(18)19)7-13(8)16-9(2)14-10(3)20-11(4)17-14/h5-7,9,16H,1-4H3,(H,18,19). The quantitative estimate of drug-likeness (QED) is 0.895. The number of carboxylic acids is 1. The molecule has 5 heteroatoms. The van der Waals surface area contributed by atoms with E-state index in [4.69, 9.17) is 5.11 Å². The topological polar surface area (TPSA) is 62.2 Å². The van der Waals surface area contributed by atoms with Crippen molar-refractivity contribution in [3.8, 4) is 0 Å². The number of anilines is 1. The molecule has 1 unspecified atom stereocenters. The summed E-state index contributed by atoms with van der Waals surface area (Å²) >= 11 is 1.68. The summed E-state index contributed by atoms with van der Waals surface area (Å²) in [7, 11) is 0. The molecule has 1 atom stereocenters. The number of aromatic nitrogens is 1. The molecule has 0 saturated heterocycles. The fourth-order valence-corrected chi connectivity index (χ4v) is 3.07. The van der Waals surface area contributed by atoms with Gasteiger partial charge >= 0.3 is 5.97 Å². The molecule has 0 amide bonds. The number of thiazole rings is 1. The van der Waals surface area contributed by atoms with E-state index in [0.717, 1.165) is 22.0 Å². The lowest BCUT2D eigenvalue weighted by molar-refractivity contribution is 0.0697. The van der Waals surface area contributed by atoms with Gasteiger partial charge in [-0.3, -0.25) is 0 Å². The van der Waals surface area contributed by atoms with Gasteiger partial charge in [-0.15, -0.1) is 11.3 Å². The van der Waals surface area contributed by atoms with E-state index in [2.05, 4.69) is 17.2 Å². The molecule has 1 aromatic carbocycles. The number of aromatic carboxylic acids is 1. The van der Waals surface area contributed by atoms with E-state index in [1.807, 2.05) is 26.8 Å². The summed E-state index contributed by atoms with van der Waals surface area (Å²) in [5.74, 6) is -0.915. The number of rotatable bonds is 4. The molecule has 0 saturated carbocycles. The van der Waals surface area contributed by atoms with Crippen LogP contribution in [0.4, 0.5) is 5.69 Å². The van der Waals surface area contributed by atoms with Crippen LogP contribution in [0.5, 0.6) is 0 Å². The second kappa shape index (κ2) is 5.63. The van der Waals surface area contributed by atoms with Gasteiger partial charge in [0.05, 0.1) is 22.3 Å². The molecule has 0 spiro atoms. The maximum Gasteiger partial charge on any atom is 0.335 e. The van der Waals surface area contributed by atoms with Crippen molar-refractivity contribution in [3.05, 3.63) is 44.9 Å². The molecule has 106 valence electrons. The number of nitrogens with zero attached hydrogens (tertiary/aromatic N) is 1. The number of aryl methyl sites for hydroxylation is 3. The highest BCUT2D eigenvalue weighted by Gasteiger charge is 2.14. The zero-order chi connectivity index (χ0) is 14.9. The Labute approximate surface area is 122 Å². The van der Waals surface area contributed by atoms with Crippen LogP contribution >= 0.6 is 11.3 Å². The molecule has 0 aliphatic rings. The lowest BCUT2D eigenvalue weighted by Crippen LogP contribution is -2.10. The summed E-state index contributed by atoms with van der Waals surface area (Å²) in [5.41, 5.74) is 3.16. The van der Waals surface area contributed by atoms with E-state index in [0.29, 0.717) is 0 Å². The SMILES string of the molecule is Cc1nc(C(C)Nc2cc(C(=O)O)ccc2C)c(C)s1. The van der Waals surface area contributed by atoms with Gasteiger partial charge in [0, 0.05) is 10.6 Å². The number of nitrogens with one attached hydrogen (secondary N) is 1. The van der Waals surface area contributed by atoms with Crippen molar-refractivity contribution in [2.75, 3.05) is 5.32 Å². The predicted octanol–water partition coefficient (Wildman–Crippen LogP) is 3.94. The molecule has 2 rings (SSSR count). The fourth-order valence-electron chi connectivity index (χ4n) is 2.16. The number of hydrogen-bond acceptors (Lipinski definition) is 4. The van der Waals surface area contributed by atoms with Gasteiger partial charge in [-0.25, -0.2) is 9.78 Å². The molecule has 2 N–H and O–H groups in total. The van der Waals surface area contributed by atoms with Crippen molar-refractivity contribution < 1.29 is 9.90 Å². The summed E-state index contributed by atoms with van der Waals surface area (Å²) in [6, 6.07) is 5.15. The first-order valence-electron chi connectivity index (χ1n) is 6.43. The molecule has 0 radical (unpaired) electrons.